The molecular formula is C17H21NO2S. The van der Waals surface area contributed by atoms with Gasteiger partial charge in [-0.2, -0.15) is 11.3 Å². The van der Waals surface area contributed by atoms with E-state index in [1.54, 1.807) is 11.3 Å². The van der Waals surface area contributed by atoms with E-state index in [1.165, 1.54) is 5.56 Å². The number of hydrogen-bond donors (Lipinski definition) is 1. The summed E-state index contributed by atoms with van der Waals surface area (Å²) in [5.74, 6) is -0.278. The molecule has 1 aromatic carbocycles. The summed E-state index contributed by atoms with van der Waals surface area (Å²) in [4.78, 5) is 11.9. The fourth-order valence-corrected chi connectivity index (χ4v) is 2.51. The normalized spacial score (nSPS) is 11.4. The zero-order valence-electron chi connectivity index (χ0n) is 12.7. The van der Waals surface area contributed by atoms with E-state index in [-0.39, 0.29) is 5.97 Å². The van der Waals surface area contributed by atoms with Gasteiger partial charge in [-0.3, -0.25) is 0 Å². The van der Waals surface area contributed by atoms with Gasteiger partial charge in [0.05, 0.1) is 5.56 Å². The molecule has 2 aromatic rings. The molecule has 0 aliphatic heterocycles. The van der Waals surface area contributed by atoms with E-state index in [4.69, 9.17) is 4.74 Å². The van der Waals surface area contributed by atoms with E-state index in [2.05, 4.69) is 22.1 Å². The SMILES string of the molecule is CC(C)(C)OC(=O)c1ccc(CNCc2ccsc2)cc1. The van der Waals surface area contributed by atoms with Crippen LogP contribution in [0.3, 0.4) is 0 Å². The van der Waals surface area contributed by atoms with Crippen molar-refractivity contribution < 1.29 is 9.53 Å². The monoisotopic (exact) mass is 303 g/mol. The molecule has 3 nitrogen and oxygen atoms in total. The molecule has 0 unspecified atom stereocenters. The van der Waals surface area contributed by atoms with E-state index in [1.807, 2.05) is 45.0 Å². The second-order valence-corrected chi connectivity index (χ2v) is 6.71. The molecule has 0 fully saturated rings. The fourth-order valence-electron chi connectivity index (χ4n) is 1.84. The van der Waals surface area contributed by atoms with Crippen molar-refractivity contribution in [2.24, 2.45) is 0 Å². The summed E-state index contributed by atoms with van der Waals surface area (Å²) < 4.78 is 5.34. The Balaban J connectivity index is 1.85. The van der Waals surface area contributed by atoms with Crippen molar-refractivity contribution in [2.75, 3.05) is 0 Å². The average Bonchev–Trinajstić information content (AvgIpc) is 2.91. The third-order valence-corrected chi connectivity index (χ3v) is 3.56. The highest BCUT2D eigenvalue weighted by molar-refractivity contribution is 7.07. The highest BCUT2D eigenvalue weighted by atomic mass is 32.1. The van der Waals surface area contributed by atoms with Crippen LogP contribution in [-0.4, -0.2) is 11.6 Å². The fraction of sp³-hybridized carbons (Fsp3) is 0.353. The molecule has 4 heteroatoms. The molecule has 0 aliphatic carbocycles. The van der Waals surface area contributed by atoms with Gasteiger partial charge in [0.2, 0.25) is 0 Å². The van der Waals surface area contributed by atoms with Gasteiger partial charge in [-0.25, -0.2) is 4.79 Å². The summed E-state index contributed by atoms with van der Waals surface area (Å²) in [7, 11) is 0. The van der Waals surface area contributed by atoms with Crippen molar-refractivity contribution >= 4 is 17.3 Å². The summed E-state index contributed by atoms with van der Waals surface area (Å²) in [5, 5.41) is 7.60. The van der Waals surface area contributed by atoms with Crippen LogP contribution in [0.1, 0.15) is 42.3 Å². The van der Waals surface area contributed by atoms with E-state index in [0.29, 0.717) is 5.56 Å². The van der Waals surface area contributed by atoms with Crippen LogP contribution in [-0.2, 0) is 17.8 Å². The minimum Gasteiger partial charge on any atom is -0.456 e. The third kappa shape index (κ3) is 5.33. The molecule has 112 valence electrons. The van der Waals surface area contributed by atoms with Crippen LogP contribution in [0.5, 0.6) is 0 Å². The summed E-state index contributed by atoms with van der Waals surface area (Å²) in [6, 6.07) is 9.66. The van der Waals surface area contributed by atoms with Gasteiger partial charge < -0.3 is 10.1 Å². The smallest absolute Gasteiger partial charge is 0.338 e. The number of hydrogen-bond acceptors (Lipinski definition) is 4. The second kappa shape index (κ2) is 6.87. The first-order valence-corrected chi connectivity index (χ1v) is 7.92. The van der Waals surface area contributed by atoms with E-state index < -0.39 is 5.60 Å². The van der Waals surface area contributed by atoms with Gasteiger partial charge in [0.15, 0.2) is 0 Å². The standard InChI is InChI=1S/C17H21NO2S/c1-17(2,3)20-16(19)15-6-4-13(5-7-15)10-18-11-14-8-9-21-12-14/h4-9,12,18H,10-11H2,1-3H3. The van der Waals surface area contributed by atoms with Crippen molar-refractivity contribution in [1.82, 2.24) is 5.32 Å². The van der Waals surface area contributed by atoms with Crippen LogP contribution in [0.25, 0.3) is 0 Å². The largest absolute Gasteiger partial charge is 0.456 e. The summed E-state index contributed by atoms with van der Waals surface area (Å²) >= 11 is 1.70. The van der Waals surface area contributed by atoms with E-state index in [9.17, 15) is 4.79 Å². The van der Waals surface area contributed by atoms with Gasteiger partial charge >= 0.3 is 5.97 Å². The Bertz CT molecular complexity index is 568. The molecule has 1 aromatic heterocycles. The first-order valence-electron chi connectivity index (χ1n) is 6.98. The molecular weight excluding hydrogens is 282 g/mol. The number of carbonyl (C=O) groups excluding carboxylic acids is 1. The summed E-state index contributed by atoms with van der Waals surface area (Å²) in [5.41, 5.74) is 2.58. The van der Waals surface area contributed by atoms with Gasteiger partial charge in [0.25, 0.3) is 0 Å². The predicted octanol–water partition coefficient (Wildman–Crippen LogP) is 3.99. The lowest BCUT2D eigenvalue weighted by molar-refractivity contribution is 0.00695. The Morgan fingerprint density at radius 3 is 2.33 bits per heavy atom. The third-order valence-electron chi connectivity index (χ3n) is 2.83. The van der Waals surface area contributed by atoms with Gasteiger partial charge in [-0.05, 0) is 60.9 Å². The van der Waals surface area contributed by atoms with Gasteiger partial charge in [-0.15, -0.1) is 0 Å². The number of esters is 1. The molecule has 0 bridgehead atoms. The number of nitrogens with one attached hydrogen (secondary N) is 1. The highest BCUT2D eigenvalue weighted by Gasteiger charge is 2.17. The maximum Gasteiger partial charge on any atom is 0.338 e. The zero-order chi connectivity index (χ0) is 15.3. The molecule has 0 atom stereocenters. The molecule has 21 heavy (non-hydrogen) atoms. The highest BCUT2D eigenvalue weighted by Crippen LogP contribution is 2.13. The van der Waals surface area contributed by atoms with E-state index in [0.717, 1.165) is 18.7 Å². The van der Waals surface area contributed by atoms with Gasteiger partial charge in [0.1, 0.15) is 5.60 Å². The summed E-state index contributed by atoms with van der Waals surface area (Å²) in [6.07, 6.45) is 0. The lowest BCUT2D eigenvalue weighted by Gasteiger charge is -2.19. The topological polar surface area (TPSA) is 38.3 Å². The van der Waals surface area contributed by atoms with E-state index >= 15 is 0 Å². The minimum absolute atomic E-state index is 0.278. The van der Waals surface area contributed by atoms with Crippen LogP contribution in [0.15, 0.2) is 41.1 Å². The number of rotatable bonds is 5. The molecule has 1 N–H and O–H groups in total. The number of thiophene rings is 1. The van der Waals surface area contributed by atoms with Gasteiger partial charge in [0, 0.05) is 13.1 Å². The van der Waals surface area contributed by atoms with Crippen molar-refractivity contribution in [3.8, 4) is 0 Å². The van der Waals surface area contributed by atoms with Crippen LogP contribution < -0.4 is 5.32 Å². The van der Waals surface area contributed by atoms with Gasteiger partial charge in [-0.1, -0.05) is 12.1 Å². The predicted molar refractivity (Wildman–Crippen MR) is 86.5 cm³/mol. The maximum atomic E-state index is 11.9. The Labute approximate surface area is 130 Å². The van der Waals surface area contributed by atoms with Crippen molar-refractivity contribution in [3.63, 3.8) is 0 Å². The molecule has 0 radical (unpaired) electrons. The molecule has 0 amide bonds. The maximum absolute atomic E-state index is 11.9. The Kier molecular flexibility index (Phi) is 5.15. The number of ether oxygens (including phenoxy) is 1. The number of carbonyl (C=O) groups is 1. The number of benzene rings is 1. The molecule has 0 spiro atoms. The lowest BCUT2D eigenvalue weighted by atomic mass is 10.1. The zero-order valence-corrected chi connectivity index (χ0v) is 13.5. The lowest BCUT2D eigenvalue weighted by Crippen LogP contribution is -2.23. The van der Waals surface area contributed by atoms with Crippen LogP contribution >= 0.6 is 11.3 Å². The second-order valence-electron chi connectivity index (χ2n) is 5.93. The van der Waals surface area contributed by atoms with Crippen LogP contribution in [0.4, 0.5) is 0 Å². The molecule has 2 rings (SSSR count). The van der Waals surface area contributed by atoms with Crippen LogP contribution in [0, 0.1) is 0 Å². The van der Waals surface area contributed by atoms with Crippen LogP contribution in [0.2, 0.25) is 0 Å². The quantitative estimate of drug-likeness (QED) is 0.849. The molecule has 0 aliphatic rings. The molecule has 0 saturated carbocycles. The Hall–Kier alpha value is -1.65. The van der Waals surface area contributed by atoms with Crippen molar-refractivity contribution in [3.05, 3.63) is 57.8 Å². The Morgan fingerprint density at radius 2 is 1.76 bits per heavy atom. The van der Waals surface area contributed by atoms with Crippen molar-refractivity contribution in [1.29, 1.82) is 0 Å². The summed E-state index contributed by atoms with van der Waals surface area (Å²) in [6.45, 7) is 7.25. The molecule has 0 saturated heterocycles. The average molecular weight is 303 g/mol. The molecule has 1 heterocycles. The van der Waals surface area contributed by atoms with Crippen molar-refractivity contribution in [2.45, 2.75) is 39.5 Å². The first kappa shape index (κ1) is 15.7. The minimum atomic E-state index is -0.460. The first-order chi connectivity index (χ1) is 9.94. The Morgan fingerprint density at radius 1 is 1.10 bits per heavy atom.